The molecular weight excluding hydrogens is 244 g/mol. The van der Waals surface area contributed by atoms with Crippen molar-refractivity contribution in [2.45, 2.75) is 20.0 Å². The van der Waals surface area contributed by atoms with Crippen LogP contribution in [0.25, 0.3) is 11.1 Å². The van der Waals surface area contributed by atoms with Gasteiger partial charge in [0.15, 0.2) is 0 Å². The first-order chi connectivity index (χ1) is 8.00. The van der Waals surface area contributed by atoms with Crippen LogP contribution >= 0.6 is 11.6 Å². The van der Waals surface area contributed by atoms with Gasteiger partial charge in [0.2, 0.25) is 0 Å². The molecule has 2 heteroatoms. The number of aryl methyl sites for hydroxylation is 1. The summed E-state index contributed by atoms with van der Waals surface area (Å²) in [7, 11) is -1.49. The molecule has 0 fully saturated rings. The van der Waals surface area contributed by atoms with Gasteiger partial charge in [-0.15, -0.1) is 0 Å². The predicted molar refractivity (Wildman–Crippen MR) is 78.4 cm³/mol. The van der Waals surface area contributed by atoms with E-state index in [0.29, 0.717) is 0 Å². The molecule has 2 aromatic carbocycles. The summed E-state index contributed by atoms with van der Waals surface area (Å²) in [6.07, 6.45) is 0. The maximum atomic E-state index is 6.14. The van der Waals surface area contributed by atoms with Crippen LogP contribution in [0.2, 0.25) is 18.1 Å². The van der Waals surface area contributed by atoms with Gasteiger partial charge in [-0.25, -0.2) is 0 Å². The molecule has 1 aliphatic heterocycles. The molecule has 0 bridgehead atoms. The van der Waals surface area contributed by atoms with E-state index in [-0.39, 0.29) is 0 Å². The van der Waals surface area contributed by atoms with Gasteiger partial charge in [-0.3, -0.25) is 0 Å². The fourth-order valence-corrected chi connectivity index (χ4v) is 6.08. The van der Waals surface area contributed by atoms with Crippen LogP contribution in [0.15, 0.2) is 36.4 Å². The van der Waals surface area contributed by atoms with Gasteiger partial charge >= 0.3 is 0 Å². The van der Waals surface area contributed by atoms with E-state index in [1.165, 1.54) is 21.9 Å². The molecule has 3 rings (SSSR count). The largest absolute Gasteiger partial charge is 0.113 e. The standard InChI is InChI=1S/C15H15ClSi/c1-10-4-6-14-12(8-10)13-9-11(16)5-7-15(13)17(14,2)3/h4-9H,1-3H3. The lowest BCUT2D eigenvalue weighted by molar-refractivity contribution is 1.49. The van der Waals surface area contributed by atoms with Crippen molar-refractivity contribution in [1.82, 2.24) is 0 Å². The lowest BCUT2D eigenvalue weighted by Crippen LogP contribution is -2.49. The van der Waals surface area contributed by atoms with Crippen molar-refractivity contribution < 1.29 is 0 Å². The quantitative estimate of drug-likeness (QED) is 0.635. The van der Waals surface area contributed by atoms with Crippen LogP contribution in [0.4, 0.5) is 0 Å². The Morgan fingerprint density at radius 1 is 0.882 bits per heavy atom. The molecule has 1 heterocycles. The van der Waals surface area contributed by atoms with E-state index < -0.39 is 8.07 Å². The lowest BCUT2D eigenvalue weighted by atomic mass is 10.0. The third-order valence-corrected chi connectivity index (χ3v) is 7.59. The summed E-state index contributed by atoms with van der Waals surface area (Å²) >= 11 is 6.14. The molecule has 0 spiro atoms. The predicted octanol–water partition coefficient (Wildman–Crippen LogP) is 3.45. The lowest BCUT2D eigenvalue weighted by Gasteiger charge is -2.18. The zero-order valence-corrected chi connectivity index (χ0v) is 12.1. The van der Waals surface area contributed by atoms with Crippen LogP contribution < -0.4 is 10.4 Å². The van der Waals surface area contributed by atoms with Crippen molar-refractivity contribution in [3.05, 3.63) is 47.0 Å². The summed E-state index contributed by atoms with van der Waals surface area (Å²) in [6.45, 7) is 6.99. The van der Waals surface area contributed by atoms with Crippen molar-refractivity contribution in [3.8, 4) is 11.1 Å². The molecule has 0 radical (unpaired) electrons. The smallest absolute Gasteiger partial charge is 0.0843 e. The van der Waals surface area contributed by atoms with Crippen LogP contribution in [0.1, 0.15) is 5.56 Å². The fourth-order valence-electron chi connectivity index (χ4n) is 2.86. The third-order valence-electron chi connectivity index (χ3n) is 3.79. The number of rotatable bonds is 0. The molecule has 86 valence electrons. The zero-order chi connectivity index (χ0) is 12.2. The average Bonchev–Trinajstić information content (AvgIpc) is 2.47. The molecular formula is C15H15ClSi. The van der Waals surface area contributed by atoms with Gasteiger partial charge in [0, 0.05) is 5.02 Å². The second-order valence-corrected chi connectivity index (χ2v) is 10.1. The normalized spacial score (nSPS) is 15.5. The van der Waals surface area contributed by atoms with Crippen LogP contribution in [0.5, 0.6) is 0 Å². The number of fused-ring (bicyclic) bond motifs is 3. The third kappa shape index (κ3) is 1.49. The first kappa shape index (κ1) is 11.1. The van der Waals surface area contributed by atoms with E-state index in [0.717, 1.165) is 5.02 Å². The van der Waals surface area contributed by atoms with Gasteiger partial charge in [0.1, 0.15) is 8.07 Å². The number of hydrogen-bond donors (Lipinski definition) is 0. The molecule has 0 atom stereocenters. The monoisotopic (exact) mass is 258 g/mol. The van der Waals surface area contributed by atoms with Crippen molar-refractivity contribution in [2.75, 3.05) is 0 Å². The Morgan fingerprint density at radius 2 is 1.47 bits per heavy atom. The molecule has 0 nitrogen and oxygen atoms in total. The zero-order valence-electron chi connectivity index (χ0n) is 10.3. The highest BCUT2D eigenvalue weighted by Gasteiger charge is 2.37. The first-order valence-corrected chi connectivity index (χ1v) is 9.29. The van der Waals surface area contributed by atoms with E-state index in [4.69, 9.17) is 11.6 Å². The van der Waals surface area contributed by atoms with Gasteiger partial charge < -0.3 is 0 Å². The van der Waals surface area contributed by atoms with Crippen LogP contribution in [0.3, 0.4) is 0 Å². The number of halogens is 1. The Kier molecular flexibility index (Phi) is 2.26. The van der Waals surface area contributed by atoms with Gasteiger partial charge in [0.05, 0.1) is 0 Å². The number of hydrogen-bond acceptors (Lipinski definition) is 0. The molecule has 0 saturated heterocycles. The Labute approximate surface area is 108 Å². The molecule has 0 unspecified atom stereocenters. The molecule has 0 amide bonds. The molecule has 0 aliphatic carbocycles. The highest BCUT2D eigenvalue weighted by molar-refractivity contribution is 7.03. The van der Waals surface area contributed by atoms with E-state index >= 15 is 0 Å². The maximum Gasteiger partial charge on any atom is 0.113 e. The van der Waals surface area contributed by atoms with Crippen molar-refractivity contribution in [3.63, 3.8) is 0 Å². The summed E-state index contributed by atoms with van der Waals surface area (Å²) in [5, 5.41) is 3.89. The van der Waals surface area contributed by atoms with Crippen molar-refractivity contribution in [2.24, 2.45) is 0 Å². The average molecular weight is 259 g/mol. The molecule has 0 aromatic heterocycles. The van der Waals surface area contributed by atoms with Gasteiger partial charge in [-0.1, -0.05) is 54.5 Å². The van der Waals surface area contributed by atoms with Crippen LogP contribution in [-0.4, -0.2) is 8.07 Å². The first-order valence-electron chi connectivity index (χ1n) is 5.92. The van der Waals surface area contributed by atoms with Crippen molar-refractivity contribution >= 4 is 30.0 Å². The molecule has 2 aromatic rings. The highest BCUT2D eigenvalue weighted by Crippen LogP contribution is 2.30. The Balaban J connectivity index is 2.39. The summed E-state index contributed by atoms with van der Waals surface area (Å²) in [5.41, 5.74) is 4.08. The minimum atomic E-state index is -1.49. The Morgan fingerprint density at radius 3 is 2.18 bits per heavy atom. The minimum Gasteiger partial charge on any atom is -0.0843 e. The van der Waals surface area contributed by atoms with Gasteiger partial charge in [-0.05, 0) is 40.6 Å². The Hall–Kier alpha value is -1.05. The number of benzene rings is 2. The van der Waals surface area contributed by atoms with Crippen LogP contribution in [-0.2, 0) is 0 Å². The van der Waals surface area contributed by atoms with Gasteiger partial charge in [0.25, 0.3) is 0 Å². The van der Waals surface area contributed by atoms with E-state index in [9.17, 15) is 0 Å². The molecule has 0 N–H and O–H groups in total. The topological polar surface area (TPSA) is 0 Å². The molecule has 1 aliphatic rings. The van der Waals surface area contributed by atoms with Crippen molar-refractivity contribution in [1.29, 1.82) is 0 Å². The van der Waals surface area contributed by atoms with Gasteiger partial charge in [-0.2, -0.15) is 0 Å². The molecule has 0 saturated carbocycles. The fraction of sp³-hybridized carbons (Fsp3) is 0.200. The van der Waals surface area contributed by atoms with E-state index in [1.54, 1.807) is 5.19 Å². The van der Waals surface area contributed by atoms with Crippen LogP contribution in [0, 0.1) is 6.92 Å². The van der Waals surface area contributed by atoms with E-state index in [2.05, 4.69) is 50.3 Å². The minimum absolute atomic E-state index is 0.836. The highest BCUT2D eigenvalue weighted by atomic mass is 35.5. The Bertz CT molecular complexity index is 561. The molecule has 17 heavy (non-hydrogen) atoms. The summed E-state index contributed by atoms with van der Waals surface area (Å²) in [4.78, 5) is 0. The maximum absolute atomic E-state index is 6.14. The second kappa shape index (κ2) is 3.47. The van der Waals surface area contributed by atoms with E-state index in [1.807, 2.05) is 6.07 Å². The summed E-state index contributed by atoms with van der Waals surface area (Å²) in [5.74, 6) is 0. The summed E-state index contributed by atoms with van der Waals surface area (Å²) < 4.78 is 0. The SMILES string of the molecule is Cc1ccc2c(c1)-c1cc(Cl)ccc1[Si]2(C)C. The summed E-state index contributed by atoms with van der Waals surface area (Å²) in [6, 6.07) is 13.2. The second-order valence-electron chi connectivity index (χ2n) is 5.36.